The Balaban J connectivity index is 1.32. The molecule has 0 radical (unpaired) electrons. The fraction of sp³-hybridized carbons (Fsp3) is 0.550. The van der Waals surface area contributed by atoms with Crippen LogP contribution >= 0.6 is 11.6 Å². The average molecular weight is 386 g/mol. The SMILES string of the molecule is CC1CC2CC(C1)N2C(=O)Nc1ccc(Cl)c([C@H]2CC[C@H]2n2ccnn2)c1. The minimum Gasteiger partial charge on any atom is -0.318 e. The number of fused-ring (bicyclic) bond motifs is 2. The zero-order chi connectivity index (χ0) is 18.5. The number of aromatic nitrogens is 3. The first-order chi connectivity index (χ1) is 13.1. The van der Waals surface area contributed by atoms with Gasteiger partial charge < -0.3 is 10.2 Å². The molecule has 142 valence electrons. The van der Waals surface area contributed by atoms with Crippen LogP contribution in [0.2, 0.25) is 5.02 Å². The first kappa shape index (κ1) is 17.0. The minimum atomic E-state index is 0.0258. The molecule has 1 aromatic carbocycles. The number of hydrogen-bond donors (Lipinski definition) is 1. The van der Waals surface area contributed by atoms with E-state index in [0.29, 0.717) is 18.0 Å². The highest BCUT2D eigenvalue weighted by Crippen LogP contribution is 2.48. The Morgan fingerprint density at radius 3 is 2.70 bits per heavy atom. The van der Waals surface area contributed by atoms with Gasteiger partial charge in [-0.2, -0.15) is 0 Å². The number of nitrogens with one attached hydrogen (secondary N) is 1. The number of carbonyl (C=O) groups excluding carboxylic acids is 1. The summed E-state index contributed by atoms with van der Waals surface area (Å²) in [6.07, 6.45) is 9.14. The molecule has 2 aliphatic heterocycles. The van der Waals surface area contributed by atoms with Crippen molar-refractivity contribution in [2.75, 3.05) is 5.32 Å². The molecule has 2 saturated carbocycles. The predicted octanol–water partition coefficient (Wildman–Crippen LogP) is 4.45. The number of benzene rings is 1. The Morgan fingerprint density at radius 1 is 1.22 bits per heavy atom. The molecule has 4 aliphatic rings. The number of nitrogens with zero attached hydrogens (tertiary/aromatic N) is 4. The monoisotopic (exact) mass is 385 g/mol. The van der Waals surface area contributed by atoms with Crippen molar-refractivity contribution >= 4 is 23.3 Å². The molecule has 2 bridgehead atoms. The highest BCUT2D eigenvalue weighted by Gasteiger charge is 2.46. The Hall–Kier alpha value is -2.08. The molecule has 6 nitrogen and oxygen atoms in total. The summed E-state index contributed by atoms with van der Waals surface area (Å²) in [5.41, 5.74) is 1.90. The third-order valence-corrected chi connectivity index (χ3v) is 6.92. The van der Waals surface area contributed by atoms with Gasteiger partial charge in [0, 0.05) is 34.9 Å². The lowest BCUT2D eigenvalue weighted by molar-refractivity contribution is -0.00601. The Labute approximate surface area is 163 Å². The largest absolute Gasteiger partial charge is 0.322 e. The van der Waals surface area contributed by atoms with Crippen LogP contribution in [0, 0.1) is 5.92 Å². The Kier molecular flexibility index (Phi) is 4.11. The molecule has 2 saturated heterocycles. The van der Waals surface area contributed by atoms with Gasteiger partial charge in [0.05, 0.1) is 12.2 Å². The molecule has 4 atom stereocenters. The molecular weight excluding hydrogens is 362 g/mol. The Bertz CT molecular complexity index is 842. The second kappa shape index (κ2) is 6.51. The lowest BCUT2D eigenvalue weighted by atomic mass is 9.74. The molecule has 2 amide bonds. The van der Waals surface area contributed by atoms with E-state index in [1.807, 2.05) is 34.0 Å². The fourth-order valence-corrected chi connectivity index (χ4v) is 5.39. The molecular formula is C20H24ClN5O. The third kappa shape index (κ3) is 2.90. The molecule has 2 aromatic rings. The fourth-order valence-electron chi connectivity index (χ4n) is 5.13. The molecule has 1 N–H and O–H groups in total. The van der Waals surface area contributed by atoms with Crippen molar-refractivity contribution < 1.29 is 4.79 Å². The van der Waals surface area contributed by atoms with E-state index in [1.165, 1.54) is 0 Å². The minimum absolute atomic E-state index is 0.0258. The highest BCUT2D eigenvalue weighted by molar-refractivity contribution is 6.31. The van der Waals surface area contributed by atoms with E-state index >= 15 is 0 Å². The average Bonchev–Trinajstić information content (AvgIpc) is 3.10. The quantitative estimate of drug-likeness (QED) is 0.848. The summed E-state index contributed by atoms with van der Waals surface area (Å²) in [5, 5.41) is 11.9. The maximum atomic E-state index is 12.8. The summed E-state index contributed by atoms with van der Waals surface area (Å²) in [6, 6.07) is 6.95. The van der Waals surface area contributed by atoms with Gasteiger partial charge in [-0.25, -0.2) is 9.48 Å². The van der Waals surface area contributed by atoms with Crippen LogP contribution < -0.4 is 5.32 Å². The van der Waals surface area contributed by atoms with Gasteiger partial charge in [0.15, 0.2) is 0 Å². The predicted molar refractivity (Wildman–Crippen MR) is 104 cm³/mol. The molecule has 7 heteroatoms. The van der Waals surface area contributed by atoms with Gasteiger partial charge in [-0.15, -0.1) is 5.10 Å². The van der Waals surface area contributed by atoms with Crippen LogP contribution in [0.3, 0.4) is 0 Å². The van der Waals surface area contributed by atoms with Crippen LogP contribution in [-0.4, -0.2) is 38.0 Å². The van der Waals surface area contributed by atoms with Gasteiger partial charge in [-0.3, -0.25) is 0 Å². The number of amides is 2. The zero-order valence-electron chi connectivity index (χ0n) is 15.4. The van der Waals surface area contributed by atoms with Gasteiger partial charge in [0.25, 0.3) is 0 Å². The summed E-state index contributed by atoms with van der Waals surface area (Å²) in [7, 11) is 0. The second-order valence-corrected chi connectivity index (χ2v) is 8.74. The molecule has 6 rings (SSSR count). The molecule has 27 heavy (non-hydrogen) atoms. The van der Waals surface area contributed by atoms with E-state index in [4.69, 9.17) is 11.6 Å². The van der Waals surface area contributed by atoms with Crippen LogP contribution in [-0.2, 0) is 0 Å². The lowest BCUT2D eigenvalue weighted by Gasteiger charge is -2.54. The summed E-state index contributed by atoms with van der Waals surface area (Å²) in [4.78, 5) is 14.8. The molecule has 2 unspecified atom stereocenters. The molecule has 2 aliphatic carbocycles. The molecule has 4 fully saturated rings. The first-order valence-electron chi connectivity index (χ1n) is 9.84. The van der Waals surface area contributed by atoms with Crippen molar-refractivity contribution in [1.29, 1.82) is 0 Å². The Morgan fingerprint density at radius 2 is 2.04 bits per heavy atom. The van der Waals surface area contributed by atoms with E-state index in [1.54, 1.807) is 6.20 Å². The van der Waals surface area contributed by atoms with Crippen molar-refractivity contribution in [3.63, 3.8) is 0 Å². The van der Waals surface area contributed by atoms with E-state index in [0.717, 1.165) is 54.3 Å². The number of piperidine rings is 1. The third-order valence-electron chi connectivity index (χ3n) is 6.58. The van der Waals surface area contributed by atoms with Gasteiger partial charge in [-0.05, 0) is 61.8 Å². The topological polar surface area (TPSA) is 63.1 Å². The van der Waals surface area contributed by atoms with E-state index < -0.39 is 0 Å². The summed E-state index contributed by atoms with van der Waals surface area (Å²) in [6.45, 7) is 2.28. The maximum absolute atomic E-state index is 12.8. The zero-order valence-corrected chi connectivity index (χ0v) is 16.1. The van der Waals surface area contributed by atoms with Crippen LogP contribution in [0.4, 0.5) is 10.5 Å². The summed E-state index contributed by atoms with van der Waals surface area (Å²) < 4.78 is 1.91. The van der Waals surface area contributed by atoms with E-state index in [9.17, 15) is 4.79 Å². The number of rotatable bonds is 3. The van der Waals surface area contributed by atoms with Gasteiger partial charge in [-0.1, -0.05) is 23.7 Å². The van der Waals surface area contributed by atoms with E-state index in [-0.39, 0.29) is 12.1 Å². The molecule has 3 heterocycles. The van der Waals surface area contributed by atoms with Gasteiger partial charge in [0.1, 0.15) is 0 Å². The van der Waals surface area contributed by atoms with Gasteiger partial charge >= 0.3 is 6.03 Å². The van der Waals surface area contributed by atoms with Crippen molar-refractivity contribution in [1.82, 2.24) is 19.9 Å². The van der Waals surface area contributed by atoms with Crippen LogP contribution in [0.15, 0.2) is 30.6 Å². The van der Waals surface area contributed by atoms with Crippen LogP contribution in [0.1, 0.15) is 56.6 Å². The smallest absolute Gasteiger partial charge is 0.318 e. The lowest BCUT2D eigenvalue weighted by Crippen LogP contribution is -2.63. The molecule has 0 spiro atoms. The van der Waals surface area contributed by atoms with Crippen LogP contribution in [0.25, 0.3) is 0 Å². The second-order valence-electron chi connectivity index (χ2n) is 8.33. The number of urea groups is 1. The van der Waals surface area contributed by atoms with Crippen molar-refractivity contribution in [3.05, 3.63) is 41.2 Å². The number of halogens is 1. The standard InChI is InChI=1S/C20H24ClN5O/c1-12-8-14-11-15(9-12)26(14)20(27)23-13-2-4-18(21)17(10-13)16-3-5-19(16)25-7-6-22-24-25/h2,4,6-7,10,12,14-16,19H,3,5,8-9,11H2,1H3,(H,23,27)/t12?,14?,15?,16-,19-/m1/s1. The van der Waals surface area contributed by atoms with E-state index in [2.05, 4.69) is 22.6 Å². The normalized spacial score (nSPS) is 31.8. The van der Waals surface area contributed by atoms with Crippen molar-refractivity contribution in [2.45, 2.75) is 63.1 Å². The van der Waals surface area contributed by atoms with Crippen LogP contribution in [0.5, 0.6) is 0 Å². The molecule has 1 aromatic heterocycles. The first-order valence-corrected chi connectivity index (χ1v) is 10.2. The number of anilines is 1. The van der Waals surface area contributed by atoms with Crippen molar-refractivity contribution in [3.8, 4) is 0 Å². The summed E-state index contributed by atoms with van der Waals surface area (Å²) >= 11 is 6.49. The van der Waals surface area contributed by atoms with Crippen molar-refractivity contribution in [2.24, 2.45) is 5.92 Å². The highest BCUT2D eigenvalue weighted by atomic mass is 35.5. The number of hydrogen-bond acceptors (Lipinski definition) is 3. The van der Waals surface area contributed by atoms with Gasteiger partial charge in [0.2, 0.25) is 0 Å². The number of carbonyl (C=O) groups is 1. The maximum Gasteiger partial charge on any atom is 0.322 e. The summed E-state index contributed by atoms with van der Waals surface area (Å²) in [5.74, 6) is 1.03.